The van der Waals surface area contributed by atoms with Gasteiger partial charge in [0.05, 0.1) is 13.2 Å². The van der Waals surface area contributed by atoms with Gasteiger partial charge >= 0.3 is 0 Å². The fraction of sp³-hybridized carbons (Fsp3) is 1.00. The van der Waals surface area contributed by atoms with Crippen LogP contribution in [0.4, 0.5) is 0 Å². The standard InChI is InChI=1S/C4H9N3O3/c5-7-6-3-10-2-4(9)1-8/h4,8-9H,1-3H2/t4-/m0/s1. The molecule has 0 aromatic heterocycles. The first-order valence-corrected chi connectivity index (χ1v) is 2.68. The fourth-order valence-electron chi connectivity index (χ4n) is 0.308. The van der Waals surface area contributed by atoms with Gasteiger partial charge < -0.3 is 14.9 Å². The molecule has 0 saturated heterocycles. The molecular formula is C4H9N3O3. The number of aliphatic hydroxyl groups excluding tert-OH is 2. The van der Waals surface area contributed by atoms with E-state index in [-0.39, 0.29) is 19.9 Å². The van der Waals surface area contributed by atoms with Crippen molar-refractivity contribution in [2.45, 2.75) is 6.10 Å². The summed E-state index contributed by atoms with van der Waals surface area (Å²) in [5, 5.41) is 19.9. The summed E-state index contributed by atoms with van der Waals surface area (Å²) in [7, 11) is 0. The Morgan fingerprint density at radius 2 is 2.40 bits per heavy atom. The molecule has 0 unspecified atom stereocenters. The maximum absolute atomic E-state index is 8.65. The Morgan fingerprint density at radius 3 is 2.90 bits per heavy atom. The number of hydrogen-bond acceptors (Lipinski definition) is 4. The topological polar surface area (TPSA) is 98.5 Å². The molecule has 0 fully saturated rings. The van der Waals surface area contributed by atoms with Crippen LogP contribution < -0.4 is 0 Å². The van der Waals surface area contributed by atoms with Crippen LogP contribution in [0.3, 0.4) is 0 Å². The first kappa shape index (κ1) is 9.19. The van der Waals surface area contributed by atoms with Crippen molar-refractivity contribution in [3.05, 3.63) is 10.4 Å². The summed E-state index contributed by atoms with van der Waals surface area (Å²) >= 11 is 0. The molecule has 0 aliphatic carbocycles. The maximum Gasteiger partial charge on any atom is 0.126 e. The Morgan fingerprint density at radius 1 is 1.70 bits per heavy atom. The summed E-state index contributed by atoms with van der Waals surface area (Å²) < 4.78 is 4.60. The molecule has 0 bridgehead atoms. The molecule has 0 aliphatic heterocycles. The predicted octanol–water partition coefficient (Wildman–Crippen LogP) is -0.376. The molecule has 0 aliphatic rings. The highest BCUT2D eigenvalue weighted by Gasteiger charge is 1.98. The van der Waals surface area contributed by atoms with Gasteiger partial charge in [-0.25, -0.2) is 0 Å². The van der Waals surface area contributed by atoms with Crippen molar-refractivity contribution < 1.29 is 14.9 Å². The van der Waals surface area contributed by atoms with E-state index in [4.69, 9.17) is 15.7 Å². The van der Waals surface area contributed by atoms with Crippen LogP contribution in [0, 0.1) is 0 Å². The Labute approximate surface area is 57.7 Å². The van der Waals surface area contributed by atoms with Gasteiger partial charge in [-0.3, -0.25) is 0 Å². The van der Waals surface area contributed by atoms with Crippen molar-refractivity contribution in [1.29, 1.82) is 0 Å². The molecule has 6 nitrogen and oxygen atoms in total. The lowest BCUT2D eigenvalue weighted by molar-refractivity contribution is 0.00836. The lowest BCUT2D eigenvalue weighted by atomic mass is 10.4. The van der Waals surface area contributed by atoms with E-state index in [2.05, 4.69) is 14.8 Å². The van der Waals surface area contributed by atoms with Crippen molar-refractivity contribution in [2.24, 2.45) is 5.11 Å². The van der Waals surface area contributed by atoms with Gasteiger partial charge in [0.2, 0.25) is 0 Å². The first-order chi connectivity index (χ1) is 4.81. The summed E-state index contributed by atoms with van der Waals surface area (Å²) in [4.78, 5) is 2.41. The van der Waals surface area contributed by atoms with Gasteiger partial charge in [-0.15, -0.1) is 0 Å². The minimum Gasteiger partial charge on any atom is -0.394 e. The van der Waals surface area contributed by atoms with Gasteiger partial charge in [-0.05, 0) is 5.53 Å². The van der Waals surface area contributed by atoms with Crippen molar-refractivity contribution in [3.63, 3.8) is 0 Å². The van der Waals surface area contributed by atoms with Gasteiger partial charge in [-0.2, -0.15) is 0 Å². The van der Waals surface area contributed by atoms with Crippen LogP contribution in [0.2, 0.25) is 0 Å². The maximum atomic E-state index is 8.65. The van der Waals surface area contributed by atoms with E-state index in [9.17, 15) is 0 Å². The monoisotopic (exact) mass is 147 g/mol. The number of hydrogen-bond donors (Lipinski definition) is 2. The van der Waals surface area contributed by atoms with E-state index in [1.807, 2.05) is 0 Å². The third-order valence-electron chi connectivity index (χ3n) is 0.733. The minimum absolute atomic E-state index is 0.0183. The van der Waals surface area contributed by atoms with Gasteiger partial charge in [0.1, 0.15) is 12.8 Å². The van der Waals surface area contributed by atoms with Gasteiger partial charge in [-0.1, -0.05) is 5.11 Å². The summed E-state index contributed by atoms with van der Waals surface area (Å²) in [5.74, 6) is 0. The van der Waals surface area contributed by atoms with Crippen LogP contribution in [-0.2, 0) is 4.74 Å². The average molecular weight is 147 g/mol. The van der Waals surface area contributed by atoms with Gasteiger partial charge in [0.25, 0.3) is 0 Å². The Hall–Kier alpha value is -0.810. The van der Waals surface area contributed by atoms with Crippen molar-refractivity contribution in [2.75, 3.05) is 19.9 Å². The molecule has 0 radical (unpaired) electrons. The average Bonchev–Trinajstić information content (AvgIpc) is 1.98. The third-order valence-corrected chi connectivity index (χ3v) is 0.733. The van der Waals surface area contributed by atoms with E-state index in [0.717, 1.165) is 0 Å². The summed E-state index contributed by atoms with van der Waals surface area (Å²) in [6, 6.07) is 0. The summed E-state index contributed by atoms with van der Waals surface area (Å²) in [6.45, 7) is -0.487. The van der Waals surface area contributed by atoms with E-state index < -0.39 is 6.10 Å². The van der Waals surface area contributed by atoms with Gasteiger partial charge in [0.15, 0.2) is 0 Å². The molecule has 0 aromatic carbocycles. The normalized spacial score (nSPS) is 12.2. The highest BCUT2D eigenvalue weighted by molar-refractivity contribution is 4.48. The van der Waals surface area contributed by atoms with Gasteiger partial charge in [0, 0.05) is 4.91 Å². The van der Waals surface area contributed by atoms with Crippen LogP contribution in [-0.4, -0.2) is 36.3 Å². The van der Waals surface area contributed by atoms with Crippen LogP contribution in [0.15, 0.2) is 5.11 Å². The Balaban J connectivity index is 3.10. The molecule has 0 saturated carbocycles. The molecule has 0 spiro atoms. The molecular weight excluding hydrogens is 138 g/mol. The highest BCUT2D eigenvalue weighted by Crippen LogP contribution is 1.83. The molecule has 0 aromatic rings. The third kappa shape index (κ3) is 5.33. The SMILES string of the molecule is [N-]=[N+]=NCOC[C@@H](O)CO. The highest BCUT2D eigenvalue weighted by atomic mass is 16.5. The zero-order valence-electron chi connectivity index (χ0n) is 5.34. The number of ether oxygens (including phenoxy) is 1. The number of rotatable bonds is 5. The Kier molecular flexibility index (Phi) is 5.80. The van der Waals surface area contributed by atoms with E-state index in [1.54, 1.807) is 0 Å². The lowest BCUT2D eigenvalue weighted by Crippen LogP contribution is -2.19. The molecule has 58 valence electrons. The quantitative estimate of drug-likeness (QED) is 0.240. The fourth-order valence-corrected chi connectivity index (χ4v) is 0.308. The minimum atomic E-state index is -0.895. The lowest BCUT2D eigenvalue weighted by Gasteiger charge is -2.04. The number of nitrogens with zero attached hydrogens (tertiary/aromatic N) is 3. The van der Waals surface area contributed by atoms with Crippen LogP contribution >= 0.6 is 0 Å². The Bertz CT molecular complexity index is 123. The summed E-state index contributed by atoms with van der Waals surface area (Å²) in [6.07, 6.45) is -0.895. The van der Waals surface area contributed by atoms with Crippen LogP contribution in [0.1, 0.15) is 0 Å². The summed E-state index contributed by atoms with van der Waals surface area (Å²) in [5.41, 5.74) is 7.76. The second-order valence-corrected chi connectivity index (χ2v) is 1.57. The molecule has 0 rings (SSSR count). The first-order valence-electron chi connectivity index (χ1n) is 2.68. The van der Waals surface area contributed by atoms with E-state index >= 15 is 0 Å². The van der Waals surface area contributed by atoms with Crippen molar-refractivity contribution in [1.82, 2.24) is 0 Å². The van der Waals surface area contributed by atoms with Crippen molar-refractivity contribution in [3.8, 4) is 0 Å². The second kappa shape index (κ2) is 6.31. The molecule has 0 amide bonds. The molecule has 6 heteroatoms. The second-order valence-electron chi connectivity index (χ2n) is 1.57. The predicted molar refractivity (Wildman–Crippen MR) is 33.1 cm³/mol. The zero-order valence-corrected chi connectivity index (χ0v) is 5.34. The van der Waals surface area contributed by atoms with E-state index in [0.29, 0.717) is 0 Å². The van der Waals surface area contributed by atoms with Crippen LogP contribution in [0.25, 0.3) is 10.4 Å². The van der Waals surface area contributed by atoms with Crippen LogP contribution in [0.5, 0.6) is 0 Å². The van der Waals surface area contributed by atoms with E-state index in [1.165, 1.54) is 0 Å². The van der Waals surface area contributed by atoms with Crippen molar-refractivity contribution >= 4 is 0 Å². The zero-order chi connectivity index (χ0) is 7.82. The number of aliphatic hydroxyl groups is 2. The molecule has 0 heterocycles. The largest absolute Gasteiger partial charge is 0.394 e. The molecule has 1 atom stereocenters. The number of azide groups is 1. The molecule has 2 N–H and O–H groups in total. The molecule has 10 heavy (non-hydrogen) atoms. The smallest absolute Gasteiger partial charge is 0.126 e.